The van der Waals surface area contributed by atoms with Gasteiger partial charge in [0.05, 0.1) is 0 Å². The van der Waals surface area contributed by atoms with E-state index in [1.54, 1.807) is 0 Å². The third-order valence-corrected chi connectivity index (χ3v) is 1.74. The van der Waals surface area contributed by atoms with Crippen LogP contribution in [0.25, 0.3) is 11.0 Å². The highest BCUT2D eigenvalue weighted by atomic mass is 16.4. The molecule has 0 unspecified atom stereocenters. The molecule has 0 saturated heterocycles. The summed E-state index contributed by atoms with van der Waals surface area (Å²) < 4.78 is 0. The maximum atomic E-state index is 10.7. The van der Waals surface area contributed by atoms with Crippen LogP contribution in [0.3, 0.4) is 0 Å². The first kappa shape index (κ1) is 8.30. The van der Waals surface area contributed by atoms with Crippen molar-refractivity contribution in [1.29, 1.82) is 0 Å². The molecule has 0 atom stereocenters. The summed E-state index contributed by atoms with van der Waals surface area (Å²) in [6.45, 7) is 0. The minimum atomic E-state index is -1.18. The zero-order valence-corrected chi connectivity index (χ0v) is 6.76. The normalized spacial score (nSPS) is 10.3. The maximum Gasteiger partial charge on any atom is 0.356 e. The van der Waals surface area contributed by atoms with Crippen LogP contribution in [-0.2, 0) is 0 Å². The summed E-state index contributed by atoms with van der Waals surface area (Å²) in [5, 5.41) is 11.4. The van der Waals surface area contributed by atoms with Gasteiger partial charge in [0.15, 0.2) is 11.4 Å². The number of nitrogens with zero attached hydrogens (tertiary/aromatic N) is 3. The van der Waals surface area contributed by atoms with Crippen LogP contribution in [0, 0.1) is 4.91 Å². The molecule has 14 heavy (non-hydrogen) atoms. The third kappa shape index (κ3) is 1.03. The van der Waals surface area contributed by atoms with Gasteiger partial charge in [0, 0.05) is 6.20 Å². The summed E-state index contributed by atoms with van der Waals surface area (Å²) in [6, 6.07) is 0. The van der Waals surface area contributed by atoms with Crippen molar-refractivity contribution in [3.05, 3.63) is 23.1 Å². The van der Waals surface area contributed by atoms with E-state index in [4.69, 9.17) is 5.11 Å². The van der Waals surface area contributed by atoms with Gasteiger partial charge in [0.2, 0.25) is 0 Å². The smallest absolute Gasteiger partial charge is 0.356 e. The first-order valence-corrected chi connectivity index (χ1v) is 3.62. The number of carboxylic acids is 1. The van der Waals surface area contributed by atoms with Crippen molar-refractivity contribution < 1.29 is 9.90 Å². The Bertz CT molecular complexity index is 519. The molecular weight excluding hydrogens is 188 g/mol. The van der Waals surface area contributed by atoms with E-state index in [1.807, 2.05) is 0 Å². The van der Waals surface area contributed by atoms with Gasteiger partial charge in [-0.15, -0.1) is 4.91 Å². The third-order valence-electron chi connectivity index (χ3n) is 1.74. The average Bonchev–Trinajstić information content (AvgIpc) is 2.59. The second-order valence-corrected chi connectivity index (χ2v) is 2.52. The van der Waals surface area contributed by atoms with E-state index in [-0.39, 0.29) is 22.4 Å². The highest BCUT2D eigenvalue weighted by Gasteiger charge is 2.14. The fourth-order valence-electron chi connectivity index (χ4n) is 1.16. The Morgan fingerprint density at radius 3 is 2.93 bits per heavy atom. The van der Waals surface area contributed by atoms with Gasteiger partial charge in [0.1, 0.15) is 17.4 Å². The molecule has 2 heterocycles. The lowest BCUT2D eigenvalue weighted by Gasteiger charge is -1.93. The van der Waals surface area contributed by atoms with Gasteiger partial charge >= 0.3 is 5.97 Å². The fraction of sp³-hybridized carbons (Fsp3) is 0. The lowest BCUT2D eigenvalue weighted by atomic mass is 10.3. The maximum absolute atomic E-state index is 10.7. The summed E-state index contributed by atoms with van der Waals surface area (Å²) in [4.78, 5) is 30.9. The van der Waals surface area contributed by atoms with E-state index in [0.29, 0.717) is 0 Å². The number of carbonyl (C=O) groups is 1. The summed E-state index contributed by atoms with van der Waals surface area (Å²) in [6.07, 6.45) is 2.37. The van der Waals surface area contributed by atoms with E-state index in [9.17, 15) is 9.70 Å². The van der Waals surface area contributed by atoms with Gasteiger partial charge in [-0.25, -0.2) is 14.8 Å². The molecule has 2 rings (SSSR count). The van der Waals surface area contributed by atoms with Gasteiger partial charge in [-0.2, -0.15) is 0 Å². The van der Waals surface area contributed by atoms with Crippen LogP contribution in [-0.4, -0.2) is 26.0 Å². The van der Waals surface area contributed by atoms with Crippen molar-refractivity contribution in [2.75, 3.05) is 0 Å². The lowest BCUT2D eigenvalue weighted by molar-refractivity contribution is 0.0692. The number of hydrogen-bond acceptors (Lipinski definition) is 5. The van der Waals surface area contributed by atoms with Crippen LogP contribution < -0.4 is 0 Å². The number of aromatic amines is 1. The van der Waals surface area contributed by atoms with Crippen LogP contribution in [0.4, 0.5) is 5.69 Å². The van der Waals surface area contributed by atoms with Crippen LogP contribution in [0.15, 0.2) is 17.7 Å². The number of rotatable bonds is 2. The predicted molar refractivity (Wildman–Crippen MR) is 46.3 cm³/mol. The Hall–Kier alpha value is -2.31. The van der Waals surface area contributed by atoms with Gasteiger partial charge < -0.3 is 10.1 Å². The second kappa shape index (κ2) is 2.87. The summed E-state index contributed by atoms with van der Waals surface area (Å²) >= 11 is 0. The predicted octanol–water partition coefficient (Wildman–Crippen LogP) is 1.05. The standard InChI is InChI=1S/C7H4N4O3/c12-7(13)6-5-4(9-2-10-6)3(11-14)1-8-5/h1-2,8H,(H,12,13). The molecule has 0 saturated carbocycles. The molecule has 7 heteroatoms. The molecule has 0 aromatic carbocycles. The molecular formula is C7H4N4O3. The van der Waals surface area contributed by atoms with Gasteiger partial charge in [-0.05, 0) is 5.18 Å². The first-order valence-electron chi connectivity index (χ1n) is 3.62. The molecule has 0 aliphatic rings. The summed E-state index contributed by atoms with van der Waals surface area (Å²) in [5.41, 5.74) is 0.316. The number of aromatic carboxylic acids is 1. The number of aromatic nitrogens is 3. The average molecular weight is 192 g/mol. The van der Waals surface area contributed by atoms with Crippen LogP contribution in [0.1, 0.15) is 10.5 Å². The van der Waals surface area contributed by atoms with Crippen molar-refractivity contribution >= 4 is 22.7 Å². The highest BCUT2D eigenvalue weighted by Crippen LogP contribution is 2.24. The molecule has 70 valence electrons. The number of nitroso groups, excluding NO2 is 1. The SMILES string of the molecule is O=Nc1c[nH]c2c(C(=O)O)ncnc12. The van der Waals surface area contributed by atoms with Crippen LogP contribution >= 0.6 is 0 Å². The molecule has 2 aromatic rings. The molecule has 0 radical (unpaired) electrons. The molecule has 0 bridgehead atoms. The Morgan fingerprint density at radius 1 is 1.50 bits per heavy atom. The molecule has 0 amide bonds. The number of H-pyrrole nitrogens is 1. The summed E-state index contributed by atoms with van der Waals surface area (Å²) in [7, 11) is 0. The topological polar surface area (TPSA) is 108 Å². The van der Waals surface area contributed by atoms with Crippen molar-refractivity contribution in [3.8, 4) is 0 Å². The van der Waals surface area contributed by atoms with E-state index >= 15 is 0 Å². The van der Waals surface area contributed by atoms with Crippen LogP contribution in [0.5, 0.6) is 0 Å². The van der Waals surface area contributed by atoms with Crippen molar-refractivity contribution in [2.45, 2.75) is 0 Å². The van der Waals surface area contributed by atoms with E-state index in [2.05, 4.69) is 20.1 Å². The highest BCUT2D eigenvalue weighted by molar-refractivity contribution is 6.01. The van der Waals surface area contributed by atoms with Gasteiger partial charge in [-0.3, -0.25) is 0 Å². The van der Waals surface area contributed by atoms with E-state index < -0.39 is 5.97 Å². The summed E-state index contributed by atoms with van der Waals surface area (Å²) in [5.74, 6) is -1.18. The fourth-order valence-corrected chi connectivity index (χ4v) is 1.16. The molecule has 0 fully saturated rings. The largest absolute Gasteiger partial charge is 0.476 e. The number of carboxylic acid groups (broad SMARTS) is 1. The van der Waals surface area contributed by atoms with Crippen molar-refractivity contribution in [2.24, 2.45) is 5.18 Å². The van der Waals surface area contributed by atoms with E-state index in [1.165, 1.54) is 6.20 Å². The zero-order chi connectivity index (χ0) is 10.1. The second-order valence-electron chi connectivity index (χ2n) is 2.52. The minimum Gasteiger partial charge on any atom is -0.476 e. The Morgan fingerprint density at radius 2 is 2.29 bits per heavy atom. The number of nitrogens with one attached hydrogen (secondary N) is 1. The Kier molecular flexibility index (Phi) is 1.70. The quantitative estimate of drug-likeness (QED) is 0.691. The lowest BCUT2D eigenvalue weighted by Crippen LogP contribution is -2.01. The van der Waals surface area contributed by atoms with Crippen LogP contribution in [0.2, 0.25) is 0 Å². The van der Waals surface area contributed by atoms with Gasteiger partial charge in [0.25, 0.3) is 0 Å². The monoisotopic (exact) mass is 192 g/mol. The Labute approximate surface area is 76.8 Å². The number of fused-ring (bicyclic) bond motifs is 1. The van der Waals surface area contributed by atoms with Crippen molar-refractivity contribution in [3.63, 3.8) is 0 Å². The Balaban J connectivity index is 2.82. The molecule has 0 aliphatic heterocycles. The molecule has 2 aromatic heterocycles. The molecule has 0 aliphatic carbocycles. The van der Waals surface area contributed by atoms with E-state index in [0.717, 1.165) is 6.33 Å². The number of hydrogen-bond donors (Lipinski definition) is 2. The van der Waals surface area contributed by atoms with Gasteiger partial charge in [-0.1, -0.05) is 0 Å². The molecule has 0 spiro atoms. The first-order chi connectivity index (χ1) is 6.74. The zero-order valence-electron chi connectivity index (χ0n) is 6.76. The van der Waals surface area contributed by atoms with Crippen molar-refractivity contribution in [1.82, 2.24) is 15.0 Å². The minimum absolute atomic E-state index is 0.0740. The molecule has 7 nitrogen and oxygen atoms in total. The molecule has 2 N–H and O–H groups in total.